The van der Waals surface area contributed by atoms with E-state index in [0.29, 0.717) is 5.82 Å². The minimum Gasteiger partial charge on any atom is -0.266 e. The van der Waals surface area contributed by atoms with Crippen LogP contribution in [0.25, 0.3) is 0 Å². The lowest BCUT2D eigenvalue weighted by Gasteiger charge is -2.01. The average Bonchev–Trinajstić information content (AvgIpc) is 2.70. The molecule has 0 atom stereocenters. The molecule has 0 spiro atoms. The Morgan fingerprint density at radius 3 is 2.75 bits per heavy atom. The van der Waals surface area contributed by atoms with Crippen molar-refractivity contribution >= 4 is 23.2 Å². The summed E-state index contributed by atoms with van der Waals surface area (Å²) in [6.07, 6.45) is 1.88. The Balaban J connectivity index is 2.14. The third-order valence-electron chi connectivity index (χ3n) is 2.25. The van der Waals surface area contributed by atoms with E-state index in [2.05, 4.69) is 58.7 Å². The predicted molar refractivity (Wildman–Crippen MR) is 67.2 cm³/mol. The van der Waals surface area contributed by atoms with Gasteiger partial charge in [-0.3, -0.25) is 4.68 Å². The van der Waals surface area contributed by atoms with Crippen molar-refractivity contribution in [1.82, 2.24) is 9.78 Å². The summed E-state index contributed by atoms with van der Waals surface area (Å²) in [5.74, 6) is 0.599. The molecule has 2 rings (SSSR count). The van der Waals surface area contributed by atoms with E-state index in [-0.39, 0.29) is 0 Å². The lowest BCUT2D eigenvalue weighted by Crippen LogP contribution is -1.99. The van der Waals surface area contributed by atoms with Crippen LogP contribution in [-0.4, -0.2) is 14.9 Å². The molecule has 0 aliphatic rings. The van der Waals surface area contributed by atoms with Crippen LogP contribution in [0.2, 0.25) is 0 Å². The van der Waals surface area contributed by atoms with Crippen molar-refractivity contribution in [2.24, 2.45) is 4.99 Å². The molecule has 2 aromatic rings. The van der Waals surface area contributed by atoms with Crippen LogP contribution in [-0.2, 0) is 6.54 Å². The summed E-state index contributed by atoms with van der Waals surface area (Å²) in [7, 11) is 0. The summed E-state index contributed by atoms with van der Waals surface area (Å²) < 4.78 is 1.83. The Bertz CT molecular complexity index is 521. The third kappa shape index (κ3) is 2.63. The van der Waals surface area contributed by atoms with Crippen LogP contribution in [0.3, 0.4) is 0 Å². The Hall–Kier alpha value is -1.77. The van der Waals surface area contributed by atoms with Crippen LogP contribution in [0.4, 0.5) is 5.82 Å². The summed E-state index contributed by atoms with van der Waals surface area (Å²) in [5, 5.41) is 6.54. The first-order valence-electron chi connectivity index (χ1n) is 4.95. The van der Waals surface area contributed by atoms with Gasteiger partial charge < -0.3 is 0 Å². The van der Waals surface area contributed by atoms with Gasteiger partial charge in [0.05, 0.1) is 11.7 Å². The van der Waals surface area contributed by atoms with Gasteiger partial charge in [0, 0.05) is 12.3 Å². The molecule has 0 aliphatic heterocycles. The Kier molecular flexibility index (Phi) is 3.25. The number of nitrogens with zero attached hydrogens (tertiary/aromatic N) is 3. The molecular formula is C12H11N3S. The molecule has 0 saturated heterocycles. The second-order valence-corrected chi connectivity index (χ2v) is 3.74. The number of hydrogen-bond acceptors (Lipinski definition) is 3. The largest absolute Gasteiger partial charge is 0.266 e. The van der Waals surface area contributed by atoms with Crippen LogP contribution < -0.4 is 0 Å². The van der Waals surface area contributed by atoms with Gasteiger partial charge in [0.2, 0.25) is 0 Å². The SMILES string of the molecule is Cc1ccc(Cn2ccc(N=C=S)n2)cc1. The number of rotatable bonds is 3. The second kappa shape index (κ2) is 4.84. The summed E-state index contributed by atoms with van der Waals surface area (Å²) in [6.45, 7) is 2.82. The Labute approximate surface area is 99.4 Å². The number of aryl methyl sites for hydroxylation is 1. The highest BCUT2D eigenvalue weighted by Gasteiger charge is 1.98. The van der Waals surface area contributed by atoms with Gasteiger partial charge in [0.15, 0.2) is 5.82 Å². The number of aliphatic imine (C=N–C) groups is 1. The smallest absolute Gasteiger partial charge is 0.184 e. The molecule has 0 aliphatic carbocycles. The van der Waals surface area contributed by atoms with Gasteiger partial charge in [-0.15, -0.1) is 0 Å². The van der Waals surface area contributed by atoms with Crippen LogP contribution in [0.1, 0.15) is 11.1 Å². The highest BCUT2D eigenvalue weighted by atomic mass is 32.1. The summed E-state index contributed by atoms with van der Waals surface area (Å²) >= 11 is 4.52. The third-order valence-corrected chi connectivity index (χ3v) is 2.34. The highest BCUT2D eigenvalue weighted by Crippen LogP contribution is 2.09. The second-order valence-electron chi connectivity index (χ2n) is 3.56. The average molecular weight is 229 g/mol. The van der Waals surface area contributed by atoms with Gasteiger partial charge in [-0.25, -0.2) is 0 Å². The van der Waals surface area contributed by atoms with E-state index in [0.717, 1.165) is 6.54 Å². The number of isothiocyanates is 1. The number of benzene rings is 1. The van der Waals surface area contributed by atoms with Crippen molar-refractivity contribution < 1.29 is 0 Å². The molecule has 0 bridgehead atoms. The van der Waals surface area contributed by atoms with Crippen molar-refractivity contribution in [1.29, 1.82) is 0 Å². The maximum absolute atomic E-state index is 4.52. The number of hydrogen-bond donors (Lipinski definition) is 0. The van der Waals surface area contributed by atoms with E-state index in [4.69, 9.17) is 0 Å². The van der Waals surface area contributed by atoms with E-state index in [1.165, 1.54) is 11.1 Å². The molecule has 80 valence electrons. The van der Waals surface area contributed by atoms with E-state index >= 15 is 0 Å². The summed E-state index contributed by atoms with van der Waals surface area (Å²) in [4.78, 5) is 3.82. The van der Waals surface area contributed by atoms with Gasteiger partial charge in [0.1, 0.15) is 0 Å². The topological polar surface area (TPSA) is 30.2 Å². The van der Waals surface area contributed by atoms with Gasteiger partial charge in [-0.1, -0.05) is 29.8 Å². The van der Waals surface area contributed by atoms with Crippen molar-refractivity contribution in [3.8, 4) is 0 Å². The molecule has 0 fully saturated rings. The molecule has 1 heterocycles. The van der Waals surface area contributed by atoms with Crippen molar-refractivity contribution in [3.05, 3.63) is 47.7 Å². The molecule has 1 aromatic heterocycles. The lowest BCUT2D eigenvalue weighted by atomic mass is 10.1. The maximum atomic E-state index is 4.52. The Morgan fingerprint density at radius 1 is 1.31 bits per heavy atom. The first-order chi connectivity index (χ1) is 7.78. The minimum absolute atomic E-state index is 0.599. The van der Waals surface area contributed by atoms with Gasteiger partial charge in [-0.05, 0) is 24.7 Å². The van der Waals surface area contributed by atoms with Crippen molar-refractivity contribution in [3.63, 3.8) is 0 Å². The van der Waals surface area contributed by atoms with E-state index in [9.17, 15) is 0 Å². The molecule has 4 heteroatoms. The first kappa shape index (κ1) is 10.7. The molecule has 1 aromatic carbocycles. The zero-order valence-electron chi connectivity index (χ0n) is 8.92. The zero-order valence-corrected chi connectivity index (χ0v) is 9.74. The monoisotopic (exact) mass is 229 g/mol. The van der Waals surface area contributed by atoms with Crippen molar-refractivity contribution in [2.75, 3.05) is 0 Å². The molecule has 16 heavy (non-hydrogen) atoms. The molecule has 0 unspecified atom stereocenters. The standard InChI is InChI=1S/C12H11N3S/c1-10-2-4-11(5-3-10)8-15-7-6-12(14-15)13-9-16/h2-7H,8H2,1H3. The van der Waals surface area contributed by atoms with E-state index in [1.54, 1.807) is 0 Å². The minimum atomic E-state index is 0.599. The van der Waals surface area contributed by atoms with E-state index < -0.39 is 0 Å². The van der Waals surface area contributed by atoms with Gasteiger partial charge in [-0.2, -0.15) is 10.1 Å². The van der Waals surface area contributed by atoms with E-state index in [1.807, 2.05) is 16.9 Å². The summed E-state index contributed by atoms with van der Waals surface area (Å²) in [5.41, 5.74) is 2.47. The lowest BCUT2D eigenvalue weighted by molar-refractivity contribution is 0.688. The molecule has 0 amide bonds. The normalized spacial score (nSPS) is 9.81. The van der Waals surface area contributed by atoms with Crippen LogP contribution >= 0.6 is 12.2 Å². The summed E-state index contributed by atoms with van der Waals surface area (Å²) in [6, 6.07) is 10.2. The molecule has 3 nitrogen and oxygen atoms in total. The quantitative estimate of drug-likeness (QED) is 0.598. The molecular weight excluding hydrogens is 218 g/mol. The van der Waals surface area contributed by atoms with Crippen molar-refractivity contribution in [2.45, 2.75) is 13.5 Å². The number of aromatic nitrogens is 2. The van der Waals surface area contributed by atoms with Crippen LogP contribution in [0, 0.1) is 6.92 Å². The zero-order chi connectivity index (χ0) is 11.4. The van der Waals surface area contributed by atoms with Crippen LogP contribution in [0.5, 0.6) is 0 Å². The molecule has 0 N–H and O–H groups in total. The van der Waals surface area contributed by atoms with Crippen LogP contribution in [0.15, 0.2) is 41.5 Å². The highest BCUT2D eigenvalue weighted by molar-refractivity contribution is 7.78. The first-order valence-corrected chi connectivity index (χ1v) is 5.35. The Morgan fingerprint density at radius 2 is 2.06 bits per heavy atom. The van der Waals surface area contributed by atoms with Gasteiger partial charge >= 0.3 is 0 Å². The molecule has 0 radical (unpaired) electrons. The fraction of sp³-hybridized carbons (Fsp3) is 0.167. The number of thiocarbonyl (C=S) groups is 1. The predicted octanol–water partition coefficient (Wildman–Crippen LogP) is 2.97. The van der Waals surface area contributed by atoms with Gasteiger partial charge in [0.25, 0.3) is 0 Å². The maximum Gasteiger partial charge on any atom is 0.184 e. The molecule has 0 saturated carbocycles. The fourth-order valence-corrected chi connectivity index (χ4v) is 1.52. The fourth-order valence-electron chi connectivity index (χ4n) is 1.43.